The third kappa shape index (κ3) is 3.02. The van der Waals surface area contributed by atoms with Gasteiger partial charge >= 0.3 is 0 Å². The van der Waals surface area contributed by atoms with Gasteiger partial charge in [-0.1, -0.05) is 0 Å². The number of nitrogens with zero attached hydrogens (tertiary/aromatic N) is 1. The average molecular weight is 254 g/mol. The van der Waals surface area contributed by atoms with Crippen LogP contribution in [0.5, 0.6) is 0 Å². The number of halogens is 1. The van der Waals surface area contributed by atoms with Crippen LogP contribution in [0.25, 0.3) is 0 Å². The number of nitrogens with one attached hydrogen (secondary N) is 1. The Labute approximate surface area is 104 Å². The van der Waals surface area contributed by atoms with Crippen LogP contribution in [-0.4, -0.2) is 35.9 Å². The molecule has 5 nitrogen and oxygen atoms in total. The summed E-state index contributed by atoms with van der Waals surface area (Å²) in [5.41, 5.74) is -0.0734. The van der Waals surface area contributed by atoms with Crippen molar-refractivity contribution in [3.05, 3.63) is 29.8 Å². The van der Waals surface area contributed by atoms with E-state index in [-0.39, 0.29) is 18.2 Å². The van der Waals surface area contributed by atoms with Gasteiger partial charge in [-0.3, -0.25) is 4.79 Å². The monoisotopic (exact) mass is 254 g/mol. The molecule has 1 aromatic heterocycles. The van der Waals surface area contributed by atoms with Gasteiger partial charge in [-0.15, -0.1) is 0 Å². The number of carbonyl (C=O) groups is 1. The van der Waals surface area contributed by atoms with Crippen molar-refractivity contribution in [1.29, 1.82) is 0 Å². The zero-order chi connectivity index (χ0) is 13.2. The Hall–Kier alpha value is -1.53. The maximum atomic E-state index is 13.2. The fraction of sp³-hybridized carbons (Fsp3) is 0.500. The van der Waals surface area contributed by atoms with Gasteiger partial charge in [-0.25, -0.2) is 4.98 Å². The topological polar surface area (TPSA) is 60.5 Å². The summed E-state index contributed by atoms with van der Waals surface area (Å²) in [6.45, 7) is 4.28. The van der Waals surface area contributed by atoms with Gasteiger partial charge < -0.3 is 14.8 Å². The van der Waals surface area contributed by atoms with Crippen molar-refractivity contribution >= 4 is 5.91 Å². The third-order valence-corrected chi connectivity index (χ3v) is 2.56. The molecule has 1 aliphatic heterocycles. The second-order valence-corrected chi connectivity index (χ2v) is 4.50. The zero-order valence-corrected chi connectivity index (χ0v) is 10.3. The molecule has 0 saturated carbocycles. The number of aromatic nitrogens is 1. The quantitative estimate of drug-likeness (QED) is 0.821. The van der Waals surface area contributed by atoms with Gasteiger partial charge in [0.05, 0.1) is 12.2 Å². The highest BCUT2D eigenvalue weighted by Gasteiger charge is 2.32. The molecule has 1 unspecified atom stereocenters. The molecule has 1 amide bonds. The van der Waals surface area contributed by atoms with E-state index < -0.39 is 17.6 Å². The van der Waals surface area contributed by atoms with E-state index in [1.165, 1.54) is 18.3 Å². The maximum absolute atomic E-state index is 13.2. The highest BCUT2D eigenvalue weighted by Crippen LogP contribution is 2.21. The molecule has 0 aromatic carbocycles. The second-order valence-electron chi connectivity index (χ2n) is 4.50. The standard InChI is InChI=1S/C12H15FN2O3/c1-12(2)17-7-8(18-12)6-15-11(16)9-4-3-5-14-10(9)13/h3-5,8H,6-7H2,1-2H3,(H,15,16). The Bertz CT molecular complexity index is 451. The molecule has 98 valence electrons. The molecule has 0 radical (unpaired) electrons. The number of ether oxygens (including phenoxy) is 2. The summed E-state index contributed by atoms with van der Waals surface area (Å²) in [5, 5.41) is 2.60. The average Bonchev–Trinajstić information content (AvgIpc) is 2.66. The lowest BCUT2D eigenvalue weighted by atomic mass is 10.2. The van der Waals surface area contributed by atoms with E-state index in [9.17, 15) is 9.18 Å². The smallest absolute Gasteiger partial charge is 0.256 e. The van der Waals surface area contributed by atoms with E-state index in [0.29, 0.717) is 6.61 Å². The maximum Gasteiger partial charge on any atom is 0.256 e. The molecule has 1 atom stereocenters. The molecule has 0 aliphatic carbocycles. The summed E-state index contributed by atoms with van der Waals surface area (Å²) in [5.74, 6) is -1.91. The summed E-state index contributed by atoms with van der Waals surface area (Å²) >= 11 is 0. The van der Waals surface area contributed by atoms with Gasteiger partial charge in [0.25, 0.3) is 5.91 Å². The number of carbonyl (C=O) groups excluding carboxylic acids is 1. The number of amides is 1. The van der Waals surface area contributed by atoms with E-state index in [1.807, 2.05) is 0 Å². The van der Waals surface area contributed by atoms with E-state index in [1.54, 1.807) is 13.8 Å². The molecule has 1 aromatic rings. The Morgan fingerprint density at radius 1 is 1.67 bits per heavy atom. The Morgan fingerprint density at radius 2 is 2.44 bits per heavy atom. The van der Waals surface area contributed by atoms with Crippen molar-refractivity contribution in [2.24, 2.45) is 0 Å². The van der Waals surface area contributed by atoms with E-state index in [2.05, 4.69) is 10.3 Å². The minimum Gasteiger partial charge on any atom is -0.349 e. The van der Waals surface area contributed by atoms with Crippen molar-refractivity contribution < 1.29 is 18.7 Å². The Morgan fingerprint density at radius 3 is 3.06 bits per heavy atom. The van der Waals surface area contributed by atoms with Crippen LogP contribution < -0.4 is 5.32 Å². The van der Waals surface area contributed by atoms with Crippen molar-refractivity contribution in [2.75, 3.05) is 13.2 Å². The summed E-state index contributed by atoms with van der Waals surface area (Å²) < 4.78 is 24.1. The van der Waals surface area contributed by atoms with Gasteiger partial charge in [0.1, 0.15) is 6.10 Å². The minimum absolute atomic E-state index is 0.0734. The van der Waals surface area contributed by atoms with Crippen LogP contribution in [0.15, 0.2) is 18.3 Å². The van der Waals surface area contributed by atoms with E-state index in [4.69, 9.17) is 9.47 Å². The number of hydrogen-bond acceptors (Lipinski definition) is 4. The summed E-state index contributed by atoms with van der Waals surface area (Å²) in [6.07, 6.45) is 1.08. The molecule has 18 heavy (non-hydrogen) atoms. The highest BCUT2D eigenvalue weighted by molar-refractivity contribution is 5.94. The van der Waals surface area contributed by atoms with Gasteiger partial charge in [-0.05, 0) is 26.0 Å². The largest absolute Gasteiger partial charge is 0.349 e. The summed E-state index contributed by atoms with van der Waals surface area (Å²) in [4.78, 5) is 15.1. The van der Waals surface area contributed by atoms with Crippen LogP contribution in [-0.2, 0) is 9.47 Å². The molecule has 1 N–H and O–H groups in total. The molecular weight excluding hydrogens is 239 g/mol. The molecule has 2 heterocycles. The van der Waals surface area contributed by atoms with Gasteiger partial charge in [0, 0.05) is 12.7 Å². The Balaban J connectivity index is 1.88. The first-order chi connectivity index (χ1) is 8.48. The van der Waals surface area contributed by atoms with Crippen molar-refractivity contribution in [3.8, 4) is 0 Å². The molecule has 0 spiro atoms. The summed E-state index contributed by atoms with van der Waals surface area (Å²) in [7, 11) is 0. The predicted octanol–water partition coefficient (Wildman–Crippen LogP) is 1.10. The normalized spacial score (nSPS) is 21.8. The van der Waals surface area contributed by atoms with Crippen LogP contribution in [0.3, 0.4) is 0 Å². The Kier molecular flexibility index (Phi) is 3.58. The molecule has 6 heteroatoms. The van der Waals surface area contributed by atoms with E-state index in [0.717, 1.165) is 0 Å². The SMILES string of the molecule is CC1(C)OCC(CNC(=O)c2cccnc2F)O1. The lowest BCUT2D eigenvalue weighted by Crippen LogP contribution is -2.34. The van der Waals surface area contributed by atoms with Gasteiger partial charge in [-0.2, -0.15) is 4.39 Å². The molecule has 2 rings (SSSR count). The van der Waals surface area contributed by atoms with Gasteiger partial charge in [0.15, 0.2) is 5.79 Å². The molecule has 1 fully saturated rings. The van der Waals surface area contributed by atoms with Crippen LogP contribution in [0.2, 0.25) is 0 Å². The predicted molar refractivity (Wildman–Crippen MR) is 61.4 cm³/mol. The van der Waals surface area contributed by atoms with Crippen LogP contribution in [0.4, 0.5) is 4.39 Å². The van der Waals surface area contributed by atoms with Crippen molar-refractivity contribution in [3.63, 3.8) is 0 Å². The lowest BCUT2D eigenvalue weighted by Gasteiger charge is -2.17. The lowest BCUT2D eigenvalue weighted by molar-refractivity contribution is -0.137. The first-order valence-electron chi connectivity index (χ1n) is 5.68. The second kappa shape index (κ2) is 4.99. The molecule has 1 saturated heterocycles. The fourth-order valence-corrected chi connectivity index (χ4v) is 1.72. The van der Waals surface area contributed by atoms with Crippen LogP contribution >= 0.6 is 0 Å². The van der Waals surface area contributed by atoms with Gasteiger partial charge in [0.2, 0.25) is 5.95 Å². The first-order valence-corrected chi connectivity index (χ1v) is 5.68. The van der Waals surface area contributed by atoms with Crippen LogP contribution in [0.1, 0.15) is 24.2 Å². The number of hydrogen-bond donors (Lipinski definition) is 1. The minimum atomic E-state index is -0.779. The van der Waals surface area contributed by atoms with E-state index >= 15 is 0 Å². The van der Waals surface area contributed by atoms with Crippen molar-refractivity contribution in [2.45, 2.75) is 25.7 Å². The third-order valence-electron chi connectivity index (χ3n) is 2.56. The zero-order valence-electron chi connectivity index (χ0n) is 10.3. The fourth-order valence-electron chi connectivity index (χ4n) is 1.72. The first kappa shape index (κ1) is 12.9. The summed E-state index contributed by atoms with van der Waals surface area (Å²) in [6, 6.07) is 2.89. The number of rotatable bonds is 3. The van der Waals surface area contributed by atoms with Crippen LogP contribution in [0, 0.1) is 5.95 Å². The number of pyridine rings is 1. The van der Waals surface area contributed by atoms with Crippen molar-refractivity contribution in [1.82, 2.24) is 10.3 Å². The molecule has 0 bridgehead atoms. The molecular formula is C12H15FN2O3. The molecule has 1 aliphatic rings. The highest BCUT2D eigenvalue weighted by atomic mass is 19.1.